The number of amidine groups is 1. The third kappa shape index (κ3) is 2.57. The fourth-order valence-corrected chi connectivity index (χ4v) is 1.83. The molecule has 0 aromatic carbocycles. The van der Waals surface area contributed by atoms with E-state index in [1.807, 2.05) is 12.1 Å². The van der Waals surface area contributed by atoms with Gasteiger partial charge in [0.15, 0.2) is 11.7 Å². The van der Waals surface area contributed by atoms with Gasteiger partial charge in [0, 0.05) is 5.69 Å². The van der Waals surface area contributed by atoms with Crippen molar-refractivity contribution in [1.29, 1.82) is 0 Å². The number of aromatic nitrogens is 3. The predicted octanol–water partition coefficient (Wildman–Crippen LogP) is 1.49. The fourth-order valence-electron chi connectivity index (χ4n) is 1.83. The van der Waals surface area contributed by atoms with Gasteiger partial charge in [0.05, 0.1) is 5.69 Å². The smallest absolute Gasteiger partial charge is 0.188 e. The van der Waals surface area contributed by atoms with Gasteiger partial charge in [-0.15, -0.1) is 0 Å². The van der Waals surface area contributed by atoms with E-state index in [0.717, 1.165) is 24.2 Å². The number of hydrogen-bond acceptors (Lipinski definition) is 4. The highest BCUT2D eigenvalue weighted by Crippen LogP contribution is 2.12. The molecule has 2 aromatic rings. The molecule has 0 spiro atoms. The maximum atomic E-state index is 8.69. The number of aryl methyl sites for hydroxylation is 2. The van der Waals surface area contributed by atoms with Gasteiger partial charge in [-0.25, -0.2) is 9.67 Å². The summed E-state index contributed by atoms with van der Waals surface area (Å²) in [4.78, 5) is 4.35. The van der Waals surface area contributed by atoms with Crippen molar-refractivity contribution in [3.63, 3.8) is 0 Å². The van der Waals surface area contributed by atoms with Crippen molar-refractivity contribution in [1.82, 2.24) is 14.8 Å². The average Bonchev–Trinajstić information content (AvgIpc) is 2.90. The Morgan fingerprint density at radius 1 is 1.37 bits per heavy atom. The van der Waals surface area contributed by atoms with Crippen LogP contribution in [0.25, 0.3) is 5.82 Å². The van der Waals surface area contributed by atoms with Gasteiger partial charge in [0.2, 0.25) is 0 Å². The minimum Gasteiger partial charge on any atom is -0.409 e. The zero-order valence-corrected chi connectivity index (χ0v) is 11.0. The Labute approximate surface area is 111 Å². The highest BCUT2D eigenvalue weighted by Gasteiger charge is 2.10. The number of rotatable bonds is 4. The minimum absolute atomic E-state index is 0.0113. The quantitative estimate of drug-likeness (QED) is 0.377. The maximum Gasteiger partial charge on any atom is 0.188 e. The van der Waals surface area contributed by atoms with Crippen LogP contribution in [0.15, 0.2) is 29.4 Å². The normalized spacial score (nSPS) is 11.8. The Morgan fingerprint density at radius 3 is 2.79 bits per heavy atom. The van der Waals surface area contributed by atoms with E-state index < -0.39 is 0 Å². The van der Waals surface area contributed by atoms with Gasteiger partial charge in [-0.05, 0) is 31.0 Å². The second kappa shape index (κ2) is 5.51. The van der Waals surface area contributed by atoms with Crippen molar-refractivity contribution < 1.29 is 5.21 Å². The van der Waals surface area contributed by atoms with Crippen molar-refractivity contribution >= 4 is 5.84 Å². The van der Waals surface area contributed by atoms with Gasteiger partial charge >= 0.3 is 0 Å². The first-order valence-corrected chi connectivity index (χ1v) is 6.22. The van der Waals surface area contributed by atoms with Crippen molar-refractivity contribution in [2.75, 3.05) is 0 Å². The third-order valence-corrected chi connectivity index (χ3v) is 2.88. The number of hydrogen-bond donors (Lipinski definition) is 2. The first-order valence-electron chi connectivity index (χ1n) is 6.22. The van der Waals surface area contributed by atoms with E-state index in [0.29, 0.717) is 11.5 Å². The van der Waals surface area contributed by atoms with Crippen molar-refractivity contribution in [2.24, 2.45) is 10.9 Å². The summed E-state index contributed by atoms with van der Waals surface area (Å²) in [6, 6.07) is 7.41. The molecule has 6 nitrogen and oxygen atoms in total. The van der Waals surface area contributed by atoms with Gasteiger partial charge in [-0.2, -0.15) is 5.10 Å². The second-order valence-electron chi connectivity index (χ2n) is 4.11. The molecule has 0 aliphatic heterocycles. The lowest BCUT2D eigenvalue weighted by Gasteiger charge is -2.06. The molecule has 0 unspecified atom stereocenters. The number of nitrogens with zero attached hydrogens (tertiary/aromatic N) is 4. The van der Waals surface area contributed by atoms with Gasteiger partial charge in [0.1, 0.15) is 5.69 Å². The Balaban J connectivity index is 2.49. The molecule has 0 fully saturated rings. The van der Waals surface area contributed by atoms with Crippen LogP contribution in [0.3, 0.4) is 0 Å². The van der Waals surface area contributed by atoms with Crippen LogP contribution in [0.2, 0.25) is 0 Å². The fraction of sp³-hybridized carbons (Fsp3) is 0.308. The van der Waals surface area contributed by atoms with E-state index in [4.69, 9.17) is 10.9 Å². The molecule has 2 aromatic heterocycles. The first-order chi connectivity index (χ1) is 9.19. The average molecular weight is 259 g/mol. The van der Waals surface area contributed by atoms with Gasteiger partial charge in [-0.1, -0.05) is 25.1 Å². The molecular weight excluding hydrogens is 242 g/mol. The van der Waals surface area contributed by atoms with Crippen LogP contribution in [0.1, 0.15) is 30.9 Å². The molecule has 0 bridgehead atoms. The summed E-state index contributed by atoms with van der Waals surface area (Å²) in [5.41, 5.74) is 8.08. The highest BCUT2D eigenvalue weighted by molar-refractivity contribution is 5.95. The van der Waals surface area contributed by atoms with E-state index in [-0.39, 0.29) is 5.84 Å². The largest absolute Gasteiger partial charge is 0.409 e. The molecule has 0 aliphatic rings. The Morgan fingerprint density at radius 2 is 2.16 bits per heavy atom. The molecule has 2 rings (SSSR count). The third-order valence-electron chi connectivity index (χ3n) is 2.88. The number of oxime groups is 1. The van der Waals surface area contributed by atoms with E-state index in [2.05, 4.69) is 35.2 Å². The minimum atomic E-state index is -0.0113. The summed E-state index contributed by atoms with van der Waals surface area (Å²) in [7, 11) is 0. The molecule has 19 heavy (non-hydrogen) atoms. The van der Waals surface area contributed by atoms with Crippen LogP contribution in [-0.4, -0.2) is 25.8 Å². The first kappa shape index (κ1) is 13.1. The highest BCUT2D eigenvalue weighted by atomic mass is 16.4. The molecule has 0 saturated carbocycles. The summed E-state index contributed by atoms with van der Waals surface area (Å²) in [6.45, 7) is 4.13. The zero-order chi connectivity index (χ0) is 13.8. The Kier molecular flexibility index (Phi) is 3.79. The summed E-state index contributed by atoms with van der Waals surface area (Å²) < 4.78 is 1.80. The lowest BCUT2D eigenvalue weighted by molar-refractivity contribution is 0.318. The Hall–Kier alpha value is -2.37. The van der Waals surface area contributed by atoms with E-state index >= 15 is 0 Å². The van der Waals surface area contributed by atoms with Gasteiger partial charge < -0.3 is 10.9 Å². The molecule has 0 radical (unpaired) electrons. The van der Waals surface area contributed by atoms with Crippen LogP contribution >= 0.6 is 0 Å². The maximum absolute atomic E-state index is 8.69. The molecule has 3 N–H and O–H groups in total. The van der Waals surface area contributed by atoms with Crippen LogP contribution in [0, 0.1) is 0 Å². The summed E-state index contributed by atoms with van der Waals surface area (Å²) in [5, 5.41) is 16.2. The number of nitrogens with two attached hydrogens (primary N) is 1. The molecule has 0 amide bonds. The summed E-state index contributed by atoms with van der Waals surface area (Å²) in [6.07, 6.45) is 1.74. The van der Waals surface area contributed by atoms with Crippen LogP contribution in [-0.2, 0) is 12.8 Å². The zero-order valence-electron chi connectivity index (χ0n) is 11.0. The Bertz CT molecular complexity index is 603. The van der Waals surface area contributed by atoms with Gasteiger partial charge in [-0.3, -0.25) is 0 Å². The van der Waals surface area contributed by atoms with Crippen molar-refractivity contribution in [3.8, 4) is 5.82 Å². The van der Waals surface area contributed by atoms with Crippen LogP contribution in [0.5, 0.6) is 0 Å². The standard InChI is InChI=1S/C13H17N5O/c1-3-9-8-10(4-2)18(16-9)12-7-5-6-11(15-12)13(14)17-19/h5-8,19H,3-4H2,1-2H3,(H2,14,17). The lowest BCUT2D eigenvalue weighted by atomic mass is 10.2. The second-order valence-corrected chi connectivity index (χ2v) is 4.11. The number of pyridine rings is 1. The van der Waals surface area contributed by atoms with Crippen LogP contribution in [0.4, 0.5) is 0 Å². The SMILES string of the molecule is CCc1cc(CC)n(-c2cccc(/C(N)=N/O)n2)n1. The summed E-state index contributed by atoms with van der Waals surface area (Å²) >= 11 is 0. The van der Waals surface area contributed by atoms with E-state index in [1.165, 1.54) is 0 Å². The molecule has 0 atom stereocenters. The molecule has 6 heteroatoms. The van der Waals surface area contributed by atoms with Gasteiger partial charge in [0.25, 0.3) is 0 Å². The summed E-state index contributed by atoms with van der Waals surface area (Å²) in [5.74, 6) is 0.656. The molecule has 100 valence electrons. The lowest BCUT2D eigenvalue weighted by Crippen LogP contribution is -2.16. The van der Waals surface area contributed by atoms with E-state index in [1.54, 1.807) is 10.7 Å². The molecule has 0 aliphatic carbocycles. The topological polar surface area (TPSA) is 89.3 Å². The van der Waals surface area contributed by atoms with Crippen molar-refractivity contribution in [2.45, 2.75) is 26.7 Å². The predicted molar refractivity (Wildman–Crippen MR) is 72.6 cm³/mol. The molecule has 2 heterocycles. The molecular formula is C13H17N5O. The monoisotopic (exact) mass is 259 g/mol. The van der Waals surface area contributed by atoms with Crippen LogP contribution < -0.4 is 5.73 Å². The van der Waals surface area contributed by atoms with Crippen molar-refractivity contribution in [3.05, 3.63) is 41.3 Å². The van der Waals surface area contributed by atoms with E-state index in [9.17, 15) is 0 Å². The molecule has 0 saturated heterocycles.